The van der Waals surface area contributed by atoms with E-state index in [2.05, 4.69) is 18.2 Å². The second-order valence-electron chi connectivity index (χ2n) is 1.23. The van der Waals surface area contributed by atoms with E-state index in [1.165, 1.54) is 0 Å². The monoisotopic (exact) mass is 136 g/mol. The second-order valence-corrected chi connectivity index (χ2v) is 1.23. The van der Waals surface area contributed by atoms with Crippen molar-refractivity contribution in [2.24, 2.45) is 0 Å². The first-order valence-electron chi connectivity index (χ1n) is 2.39. The SMILES string of the molecule is C=CC(=O)OCC[CH2-].[Na+]. The van der Waals surface area contributed by atoms with Crippen LogP contribution in [0, 0.1) is 6.92 Å². The van der Waals surface area contributed by atoms with E-state index in [-0.39, 0.29) is 35.5 Å². The Kier molecular flexibility index (Phi) is 10.9. The molecule has 3 heteroatoms. The van der Waals surface area contributed by atoms with Crippen molar-refractivity contribution in [1.29, 1.82) is 0 Å². The average molecular weight is 136 g/mol. The van der Waals surface area contributed by atoms with Gasteiger partial charge in [-0.25, -0.2) is 4.79 Å². The first-order chi connectivity index (χ1) is 3.81. The largest absolute Gasteiger partial charge is 1.00 e. The zero-order valence-corrected chi connectivity index (χ0v) is 7.72. The summed E-state index contributed by atoms with van der Waals surface area (Å²) in [5, 5.41) is 0. The molecule has 0 unspecified atom stereocenters. The minimum atomic E-state index is -0.381. The molecule has 0 radical (unpaired) electrons. The summed E-state index contributed by atoms with van der Waals surface area (Å²) in [4.78, 5) is 10.2. The van der Waals surface area contributed by atoms with Crippen LogP contribution in [-0.4, -0.2) is 12.6 Å². The maximum atomic E-state index is 10.2. The van der Waals surface area contributed by atoms with E-state index in [1.807, 2.05) is 0 Å². The van der Waals surface area contributed by atoms with E-state index in [0.29, 0.717) is 13.0 Å². The molecule has 0 saturated carbocycles. The van der Waals surface area contributed by atoms with Crippen LogP contribution in [0.3, 0.4) is 0 Å². The standard InChI is InChI=1S/C6H9O2.Na/c1-3-5-8-6(7)4-2;/h4H,1-3,5H2;/q-1;+1. The molecule has 0 bridgehead atoms. The zero-order chi connectivity index (χ0) is 6.41. The van der Waals surface area contributed by atoms with Crippen LogP contribution in [0.15, 0.2) is 12.7 Å². The molecule has 0 saturated heterocycles. The van der Waals surface area contributed by atoms with Gasteiger partial charge in [-0.2, -0.15) is 0 Å². The molecule has 9 heavy (non-hydrogen) atoms. The number of carbonyl (C=O) groups excluding carboxylic acids is 1. The number of hydrogen-bond donors (Lipinski definition) is 0. The molecule has 0 aliphatic rings. The van der Waals surface area contributed by atoms with E-state index in [9.17, 15) is 4.79 Å². The van der Waals surface area contributed by atoms with E-state index in [4.69, 9.17) is 0 Å². The van der Waals surface area contributed by atoms with Crippen molar-refractivity contribution in [3.63, 3.8) is 0 Å². The van der Waals surface area contributed by atoms with Gasteiger partial charge in [0.2, 0.25) is 0 Å². The summed E-state index contributed by atoms with van der Waals surface area (Å²) in [6.07, 6.45) is 1.75. The van der Waals surface area contributed by atoms with Gasteiger partial charge in [-0.15, -0.1) is 6.42 Å². The summed E-state index contributed by atoms with van der Waals surface area (Å²) < 4.78 is 4.52. The van der Waals surface area contributed by atoms with Crippen LogP contribution in [0.25, 0.3) is 0 Å². The topological polar surface area (TPSA) is 26.3 Å². The van der Waals surface area contributed by atoms with E-state index >= 15 is 0 Å². The Labute approximate surface area is 77.6 Å². The summed E-state index contributed by atoms with van der Waals surface area (Å²) in [7, 11) is 0. The smallest absolute Gasteiger partial charge is 0.465 e. The Morgan fingerprint density at radius 1 is 1.78 bits per heavy atom. The number of esters is 1. The summed E-state index contributed by atoms with van der Waals surface area (Å²) in [6, 6.07) is 0. The van der Waals surface area contributed by atoms with Crippen LogP contribution in [-0.2, 0) is 9.53 Å². The number of ether oxygens (including phenoxy) is 1. The van der Waals surface area contributed by atoms with Gasteiger partial charge in [0.15, 0.2) is 0 Å². The molecule has 2 nitrogen and oxygen atoms in total. The first-order valence-corrected chi connectivity index (χ1v) is 2.39. The van der Waals surface area contributed by atoms with Crippen molar-refractivity contribution in [2.45, 2.75) is 6.42 Å². The Balaban J connectivity index is 0. The molecule has 0 aromatic heterocycles. The molecule has 0 aliphatic heterocycles. The van der Waals surface area contributed by atoms with Crippen molar-refractivity contribution in [2.75, 3.05) is 6.61 Å². The van der Waals surface area contributed by atoms with E-state index in [0.717, 1.165) is 6.08 Å². The van der Waals surface area contributed by atoms with Gasteiger partial charge >= 0.3 is 35.5 Å². The predicted octanol–water partition coefficient (Wildman–Crippen LogP) is -2.06. The molecule has 0 aliphatic carbocycles. The number of rotatable bonds is 3. The van der Waals surface area contributed by atoms with Crippen LogP contribution in [0.5, 0.6) is 0 Å². The molecule has 0 fully saturated rings. The third-order valence-electron chi connectivity index (χ3n) is 0.555. The third kappa shape index (κ3) is 8.21. The fourth-order valence-corrected chi connectivity index (χ4v) is 0.232. The number of carbonyl (C=O) groups is 1. The van der Waals surface area contributed by atoms with Crippen molar-refractivity contribution >= 4 is 5.97 Å². The van der Waals surface area contributed by atoms with Crippen molar-refractivity contribution in [3.8, 4) is 0 Å². The molecule has 0 amide bonds. The van der Waals surface area contributed by atoms with E-state index < -0.39 is 0 Å². The zero-order valence-electron chi connectivity index (χ0n) is 5.72. The molecule has 0 heterocycles. The minimum Gasteiger partial charge on any atom is -0.465 e. The molecular formula is C6H9NaO2. The molecule has 0 atom stereocenters. The van der Waals surface area contributed by atoms with Crippen LogP contribution < -0.4 is 29.6 Å². The Morgan fingerprint density at radius 3 is 2.67 bits per heavy atom. The fraction of sp³-hybridized carbons (Fsp3) is 0.333. The van der Waals surface area contributed by atoms with E-state index in [1.54, 1.807) is 0 Å². The minimum absolute atomic E-state index is 0. The van der Waals surface area contributed by atoms with Crippen molar-refractivity contribution in [3.05, 3.63) is 19.6 Å². The molecule has 0 aromatic rings. The second kappa shape index (κ2) is 8.21. The summed E-state index contributed by atoms with van der Waals surface area (Å²) in [5.41, 5.74) is 0. The van der Waals surface area contributed by atoms with Crippen LogP contribution in [0.4, 0.5) is 0 Å². The predicted molar refractivity (Wildman–Crippen MR) is 31.1 cm³/mol. The maximum Gasteiger partial charge on any atom is 1.00 e. The van der Waals surface area contributed by atoms with Gasteiger partial charge in [0.25, 0.3) is 0 Å². The van der Waals surface area contributed by atoms with Crippen molar-refractivity contribution in [1.82, 2.24) is 0 Å². The molecule has 0 spiro atoms. The van der Waals surface area contributed by atoms with Gasteiger partial charge < -0.3 is 11.7 Å². The summed E-state index contributed by atoms with van der Waals surface area (Å²) in [5.74, 6) is -0.381. The quantitative estimate of drug-likeness (QED) is 0.193. The molecule has 46 valence electrons. The van der Waals surface area contributed by atoms with Gasteiger partial charge in [0.05, 0.1) is 6.61 Å². The van der Waals surface area contributed by atoms with Crippen LogP contribution in [0.1, 0.15) is 6.42 Å². The van der Waals surface area contributed by atoms with Gasteiger partial charge in [-0.3, -0.25) is 0 Å². The van der Waals surface area contributed by atoms with Gasteiger partial charge in [-0.05, 0) is 0 Å². The first kappa shape index (κ1) is 11.9. The Bertz CT molecular complexity index is 91.1. The maximum absolute atomic E-state index is 10.2. The van der Waals surface area contributed by atoms with Crippen LogP contribution in [0.2, 0.25) is 0 Å². The average Bonchev–Trinajstić information content (AvgIpc) is 1.83. The molecule has 0 aromatic carbocycles. The number of hydrogen-bond acceptors (Lipinski definition) is 2. The van der Waals surface area contributed by atoms with Gasteiger partial charge in [-0.1, -0.05) is 6.58 Å². The summed E-state index contributed by atoms with van der Waals surface area (Å²) >= 11 is 0. The molecule has 0 rings (SSSR count). The Hall–Kier alpha value is 0.210. The fourth-order valence-electron chi connectivity index (χ4n) is 0.232. The molecular weight excluding hydrogens is 127 g/mol. The van der Waals surface area contributed by atoms with Crippen LogP contribution >= 0.6 is 0 Å². The normalized spacial score (nSPS) is 7.22. The molecule has 0 N–H and O–H groups in total. The van der Waals surface area contributed by atoms with Gasteiger partial charge in [0, 0.05) is 6.08 Å². The Morgan fingerprint density at radius 2 is 2.33 bits per heavy atom. The van der Waals surface area contributed by atoms with Crippen molar-refractivity contribution < 1.29 is 39.1 Å². The summed E-state index contributed by atoms with van der Waals surface area (Å²) in [6.45, 7) is 7.08. The van der Waals surface area contributed by atoms with Gasteiger partial charge in [0.1, 0.15) is 0 Å². The third-order valence-corrected chi connectivity index (χ3v) is 0.555.